The number of allylic oxidation sites excluding steroid dienone is 1. The van der Waals surface area contributed by atoms with Crippen molar-refractivity contribution in [3.05, 3.63) is 42.0 Å². The molecule has 0 aromatic heterocycles. The van der Waals surface area contributed by atoms with Gasteiger partial charge < -0.3 is 9.47 Å². The lowest BCUT2D eigenvalue weighted by Crippen LogP contribution is -2.41. The molecule has 0 saturated heterocycles. The molecule has 1 aliphatic rings. The van der Waals surface area contributed by atoms with Gasteiger partial charge >= 0.3 is 11.9 Å². The van der Waals surface area contributed by atoms with Crippen LogP contribution in [0.5, 0.6) is 0 Å². The molecule has 0 bridgehead atoms. The van der Waals surface area contributed by atoms with Crippen LogP contribution in [0.4, 0.5) is 0 Å². The summed E-state index contributed by atoms with van der Waals surface area (Å²) < 4.78 is 10.3. The summed E-state index contributed by atoms with van der Waals surface area (Å²) in [6.45, 7) is 3.94. The highest BCUT2D eigenvalue weighted by molar-refractivity contribution is 6.13. The van der Waals surface area contributed by atoms with Crippen LogP contribution in [0.25, 0.3) is 5.57 Å². The molecule has 0 unspecified atom stereocenters. The molecule has 0 atom stereocenters. The predicted molar refractivity (Wildman–Crippen MR) is 79.4 cm³/mol. The van der Waals surface area contributed by atoms with E-state index >= 15 is 0 Å². The van der Waals surface area contributed by atoms with Crippen LogP contribution >= 0.6 is 0 Å². The summed E-state index contributed by atoms with van der Waals surface area (Å²) in [5.74, 6) is -1.04. The van der Waals surface area contributed by atoms with Crippen molar-refractivity contribution in [2.75, 3.05) is 13.2 Å². The minimum absolute atomic E-state index is 0.238. The Morgan fingerprint density at radius 1 is 1.05 bits per heavy atom. The number of carbonyl (C=O) groups excluding carboxylic acids is 2. The molecule has 1 aromatic rings. The van der Waals surface area contributed by atoms with E-state index in [1.54, 1.807) is 13.8 Å². The molecule has 0 heterocycles. The lowest BCUT2D eigenvalue weighted by atomic mass is 9.78. The number of carbonyl (C=O) groups is 2. The first-order valence-electron chi connectivity index (χ1n) is 7.27. The maximum absolute atomic E-state index is 12.5. The first kappa shape index (κ1) is 15.3. The quantitative estimate of drug-likeness (QED) is 0.617. The van der Waals surface area contributed by atoms with Gasteiger partial charge in [-0.25, -0.2) is 0 Å². The van der Waals surface area contributed by atoms with Gasteiger partial charge in [0, 0.05) is 0 Å². The lowest BCUT2D eigenvalue weighted by molar-refractivity contribution is -0.167. The van der Waals surface area contributed by atoms with E-state index in [2.05, 4.69) is 0 Å². The largest absolute Gasteiger partial charge is 0.465 e. The van der Waals surface area contributed by atoms with Crippen molar-refractivity contribution in [3.8, 4) is 0 Å². The van der Waals surface area contributed by atoms with Crippen molar-refractivity contribution in [1.82, 2.24) is 0 Å². The SMILES string of the molecule is CCOC(=O)C1(C(=O)OCC)CCC=C1c1ccccc1. The molecule has 0 N–H and O–H groups in total. The molecule has 0 radical (unpaired) electrons. The summed E-state index contributed by atoms with van der Waals surface area (Å²) in [6, 6.07) is 9.45. The van der Waals surface area contributed by atoms with Gasteiger partial charge in [-0.05, 0) is 37.8 Å². The summed E-state index contributed by atoms with van der Waals surface area (Å²) in [5.41, 5.74) is 0.226. The highest BCUT2D eigenvalue weighted by atomic mass is 16.6. The molecule has 2 rings (SSSR count). The summed E-state index contributed by atoms with van der Waals surface area (Å²) >= 11 is 0. The zero-order valence-corrected chi connectivity index (χ0v) is 12.4. The van der Waals surface area contributed by atoms with Crippen LogP contribution in [0.2, 0.25) is 0 Å². The Balaban J connectivity index is 2.47. The van der Waals surface area contributed by atoms with E-state index in [4.69, 9.17) is 9.47 Å². The predicted octanol–water partition coefficient (Wildman–Crippen LogP) is 2.98. The van der Waals surface area contributed by atoms with Crippen LogP contribution in [0, 0.1) is 5.41 Å². The number of esters is 2. The highest BCUT2D eigenvalue weighted by Gasteiger charge is 2.54. The van der Waals surface area contributed by atoms with E-state index < -0.39 is 17.4 Å². The van der Waals surface area contributed by atoms with E-state index in [-0.39, 0.29) is 13.2 Å². The topological polar surface area (TPSA) is 52.6 Å². The van der Waals surface area contributed by atoms with Crippen LogP contribution in [-0.2, 0) is 19.1 Å². The first-order chi connectivity index (χ1) is 10.2. The zero-order chi connectivity index (χ0) is 15.3. The Labute approximate surface area is 124 Å². The van der Waals surface area contributed by atoms with Gasteiger partial charge in [-0.3, -0.25) is 9.59 Å². The first-order valence-corrected chi connectivity index (χ1v) is 7.27. The number of hydrogen-bond donors (Lipinski definition) is 0. The Kier molecular flexibility index (Phi) is 4.78. The molecule has 0 aliphatic heterocycles. The smallest absolute Gasteiger partial charge is 0.328 e. The van der Waals surface area contributed by atoms with Crippen molar-refractivity contribution >= 4 is 17.5 Å². The van der Waals surface area contributed by atoms with Crippen molar-refractivity contribution in [1.29, 1.82) is 0 Å². The Morgan fingerprint density at radius 3 is 2.14 bits per heavy atom. The summed E-state index contributed by atoms with van der Waals surface area (Å²) in [6.07, 6.45) is 2.99. The molecule has 1 aliphatic carbocycles. The zero-order valence-electron chi connectivity index (χ0n) is 12.4. The minimum Gasteiger partial charge on any atom is -0.465 e. The third kappa shape index (κ3) is 2.71. The molecular weight excluding hydrogens is 268 g/mol. The molecule has 0 amide bonds. The Hall–Kier alpha value is -2.10. The molecule has 4 nitrogen and oxygen atoms in total. The minimum atomic E-state index is -1.33. The Bertz CT molecular complexity index is 527. The van der Waals surface area contributed by atoms with Gasteiger partial charge in [0.05, 0.1) is 13.2 Å². The molecule has 1 aromatic carbocycles. The van der Waals surface area contributed by atoms with E-state index in [0.717, 1.165) is 5.56 Å². The molecule has 21 heavy (non-hydrogen) atoms. The monoisotopic (exact) mass is 288 g/mol. The number of rotatable bonds is 5. The number of hydrogen-bond acceptors (Lipinski definition) is 4. The molecule has 112 valence electrons. The van der Waals surface area contributed by atoms with E-state index in [1.165, 1.54) is 0 Å². The standard InChI is InChI=1S/C17H20O4/c1-3-20-15(18)17(16(19)21-4-2)12-8-11-14(17)13-9-6-5-7-10-13/h5-7,9-11H,3-4,8,12H2,1-2H3. The van der Waals surface area contributed by atoms with E-state index in [9.17, 15) is 9.59 Å². The van der Waals surface area contributed by atoms with Gasteiger partial charge in [0.2, 0.25) is 0 Å². The van der Waals surface area contributed by atoms with Gasteiger partial charge in [-0.15, -0.1) is 0 Å². The average molecular weight is 288 g/mol. The van der Waals surface area contributed by atoms with Gasteiger partial charge in [-0.1, -0.05) is 36.4 Å². The van der Waals surface area contributed by atoms with Crippen LogP contribution < -0.4 is 0 Å². The van der Waals surface area contributed by atoms with Crippen LogP contribution in [-0.4, -0.2) is 25.2 Å². The second kappa shape index (κ2) is 6.57. The van der Waals surface area contributed by atoms with Crippen LogP contribution in [0.1, 0.15) is 32.3 Å². The third-order valence-electron chi connectivity index (χ3n) is 3.66. The summed E-state index contributed by atoms with van der Waals surface area (Å²) in [5, 5.41) is 0. The second-order valence-electron chi connectivity index (χ2n) is 4.87. The normalized spacial score (nSPS) is 16.2. The van der Waals surface area contributed by atoms with E-state index in [0.29, 0.717) is 18.4 Å². The van der Waals surface area contributed by atoms with Gasteiger partial charge in [0.1, 0.15) is 0 Å². The van der Waals surface area contributed by atoms with Crippen molar-refractivity contribution in [2.24, 2.45) is 5.41 Å². The fourth-order valence-electron chi connectivity index (χ4n) is 2.74. The van der Waals surface area contributed by atoms with Crippen LogP contribution in [0.15, 0.2) is 36.4 Å². The number of ether oxygens (including phenoxy) is 2. The van der Waals surface area contributed by atoms with Crippen LogP contribution in [0.3, 0.4) is 0 Å². The van der Waals surface area contributed by atoms with Crippen molar-refractivity contribution < 1.29 is 19.1 Å². The van der Waals surface area contributed by atoms with Gasteiger partial charge in [-0.2, -0.15) is 0 Å². The van der Waals surface area contributed by atoms with Crippen molar-refractivity contribution in [2.45, 2.75) is 26.7 Å². The second-order valence-corrected chi connectivity index (χ2v) is 4.87. The molecule has 0 saturated carbocycles. The fourth-order valence-corrected chi connectivity index (χ4v) is 2.74. The summed E-state index contributed by atoms with van der Waals surface area (Å²) in [7, 11) is 0. The molecular formula is C17H20O4. The van der Waals surface area contributed by atoms with Gasteiger partial charge in [0.15, 0.2) is 5.41 Å². The highest BCUT2D eigenvalue weighted by Crippen LogP contribution is 2.46. The maximum Gasteiger partial charge on any atom is 0.328 e. The van der Waals surface area contributed by atoms with E-state index in [1.807, 2.05) is 36.4 Å². The Morgan fingerprint density at radius 2 is 1.62 bits per heavy atom. The summed E-state index contributed by atoms with van der Waals surface area (Å²) in [4.78, 5) is 25.0. The molecule has 0 spiro atoms. The average Bonchev–Trinajstić information content (AvgIpc) is 2.94. The molecule has 4 heteroatoms. The van der Waals surface area contributed by atoms with Crippen molar-refractivity contribution in [3.63, 3.8) is 0 Å². The lowest BCUT2D eigenvalue weighted by Gasteiger charge is -2.28. The maximum atomic E-state index is 12.5. The van der Waals surface area contributed by atoms with Gasteiger partial charge in [0.25, 0.3) is 0 Å². The molecule has 0 fully saturated rings. The fraction of sp³-hybridized carbons (Fsp3) is 0.412. The third-order valence-corrected chi connectivity index (χ3v) is 3.66. The number of benzene rings is 1.